The molecule has 1 rings (SSSR count). The van der Waals surface area contributed by atoms with Crippen molar-refractivity contribution in [3.63, 3.8) is 0 Å². The predicted molar refractivity (Wildman–Crippen MR) is 69.3 cm³/mol. The number of amides is 1. The van der Waals surface area contributed by atoms with Crippen LogP contribution in [0.2, 0.25) is 0 Å². The molecule has 0 aromatic carbocycles. The number of thiazole rings is 1. The third-order valence-corrected chi connectivity index (χ3v) is 3.21. The Morgan fingerprint density at radius 2 is 2.22 bits per heavy atom. The van der Waals surface area contributed by atoms with Gasteiger partial charge in [0.25, 0.3) is 0 Å². The number of aromatic nitrogens is 1. The molecule has 1 heterocycles. The Balaban J connectivity index is 2.58. The molecule has 0 saturated carbocycles. The number of primary amides is 1. The van der Waals surface area contributed by atoms with E-state index < -0.39 is 11.4 Å². The van der Waals surface area contributed by atoms with Gasteiger partial charge < -0.3 is 15.8 Å². The maximum atomic E-state index is 11.2. The van der Waals surface area contributed by atoms with Crippen LogP contribution in [0.1, 0.15) is 26.0 Å². The van der Waals surface area contributed by atoms with Crippen LogP contribution >= 0.6 is 11.3 Å². The molecule has 0 spiro atoms. The smallest absolute Gasteiger partial charge is 0.305 e. The van der Waals surface area contributed by atoms with E-state index in [-0.39, 0.29) is 5.97 Å². The third-order valence-electron chi connectivity index (χ3n) is 2.40. The molecule has 7 heteroatoms. The first-order chi connectivity index (χ1) is 8.35. The first-order valence-corrected chi connectivity index (χ1v) is 6.32. The fourth-order valence-electron chi connectivity index (χ4n) is 1.14. The van der Waals surface area contributed by atoms with Crippen molar-refractivity contribution in [1.82, 2.24) is 4.98 Å². The Morgan fingerprint density at radius 1 is 1.56 bits per heavy atom. The van der Waals surface area contributed by atoms with Crippen molar-refractivity contribution in [2.45, 2.75) is 32.2 Å². The van der Waals surface area contributed by atoms with Crippen LogP contribution in [0.25, 0.3) is 0 Å². The van der Waals surface area contributed by atoms with Gasteiger partial charge in [0, 0.05) is 11.8 Å². The summed E-state index contributed by atoms with van der Waals surface area (Å²) in [6.45, 7) is 3.37. The van der Waals surface area contributed by atoms with Crippen LogP contribution in [0.3, 0.4) is 0 Å². The number of rotatable bonds is 6. The van der Waals surface area contributed by atoms with Gasteiger partial charge in [-0.15, -0.1) is 11.3 Å². The molecular weight excluding hydrogens is 254 g/mol. The lowest BCUT2D eigenvalue weighted by Gasteiger charge is -2.21. The predicted octanol–water partition coefficient (Wildman–Crippen LogP) is 0.924. The number of carbonyl (C=O) groups is 2. The topological polar surface area (TPSA) is 94.3 Å². The van der Waals surface area contributed by atoms with Crippen LogP contribution in [-0.4, -0.2) is 29.5 Å². The average Bonchev–Trinajstić information content (AvgIpc) is 2.72. The molecule has 0 aliphatic rings. The van der Waals surface area contributed by atoms with Gasteiger partial charge in [-0.25, -0.2) is 4.98 Å². The summed E-state index contributed by atoms with van der Waals surface area (Å²) in [7, 11) is 1.35. The minimum atomic E-state index is -0.850. The Kier molecular flexibility index (Phi) is 4.66. The molecule has 100 valence electrons. The molecule has 0 bridgehead atoms. The summed E-state index contributed by atoms with van der Waals surface area (Å²) in [6, 6.07) is 0. The van der Waals surface area contributed by atoms with E-state index in [1.807, 2.05) is 5.38 Å². The van der Waals surface area contributed by atoms with Crippen molar-refractivity contribution in [3.8, 4) is 0 Å². The molecule has 0 atom stereocenters. The molecular formula is C11H17N3O3S. The zero-order valence-electron chi connectivity index (χ0n) is 10.6. The van der Waals surface area contributed by atoms with Gasteiger partial charge in [0.05, 0.1) is 19.2 Å². The maximum absolute atomic E-state index is 11.2. The SMILES string of the molecule is COC(=O)CCc1csc(NC(C)(C)C(N)=O)n1. The third kappa shape index (κ3) is 3.99. The fourth-order valence-corrected chi connectivity index (χ4v) is 2.04. The first kappa shape index (κ1) is 14.4. The number of ether oxygens (including phenoxy) is 1. The monoisotopic (exact) mass is 271 g/mol. The van der Waals surface area contributed by atoms with Gasteiger partial charge in [-0.2, -0.15) is 0 Å². The summed E-state index contributed by atoms with van der Waals surface area (Å²) in [4.78, 5) is 26.4. The number of anilines is 1. The summed E-state index contributed by atoms with van der Waals surface area (Å²) in [5, 5.41) is 5.40. The Morgan fingerprint density at radius 3 is 2.78 bits per heavy atom. The summed E-state index contributed by atoms with van der Waals surface area (Å²) in [5.74, 6) is -0.719. The number of methoxy groups -OCH3 is 1. The lowest BCUT2D eigenvalue weighted by molar-refractivity contribution is -0.140. The lowest BCUT2D eigenvalue weighted by atomic mass is 10.1. The van der Waals surface area contributed by atoms with Gasteiger partial charge in [-0.1, -0.05) is 0 Å². The fraction of sp³-hybridized carbons (Fsp3) is 0.545. The number of nitrogens with two attached hydrogens (primary N) is 1. The molecule has 18 heavy (non-hydrogen) atoms. The summed E-state index contributed by atoms with van der Waals surface area (Å²) < 4.78 is 4.55. The number of hydrogen-bond acceptors (Lipinski definition) is 6. The lowest BCUT2D eigenvalue weighted by Crippen LogP contribution is -2.44. The van der Waals surface area contributed by atoms with Gasteiger partial charge in [-0.3, -0.25) is 9.59 Å². The van der Waals surface area contributed by atoms with Crippen molar-refractivity contribution in [2.75, 3.05) is 12.4 Å². The quantitative estimate of drug-likeness (QED) is 0.750. The van der Waals surface area contributed by atoms with Gasteiger partial charge in [-0.05, 0) is 13.8 Å². The van der Waals surface area contributed by atoms with E-state index in [9.17, 15) is 9.59 Å². The van der Waals surface area contributed by atoms with Crippen molar-refractivity contribution < 1.29 is 14.3 Å². The van der Waals surface area contributed by atoms with E-state index in [2.05, 4.69) is 15.0 Å². The largest absolute Gasteiger partial charge is 0.469 e. The summed E-state index contributed by atoms with van der Waals surface area (Å²) in [6.07, 6.45) is 0.806. The molecule has 0 aliphatic heterocycles. The van der Waals surface area contributed by atoms with E-state index in [0.29, 0.717) is 18.0 Å². The van der Waals surface area contributed by atoms with Crippen LogP contribution in [0.5, 0.6) is 0 Å². The Bertz CT molecular complexity index is 442. The van der Waals surface area contributed by atoms with Crippen LogP contribution in [0, 0.1) is 0 Å². The maximum Gasteiger partial charge on any atom is 0.305 e. The second kappa shape index (κ2) is 5.81. The molecule has 1 aromatic heterocycles. The van der Waals surface area contributed by atoms with Crippen molar-refractivity contribution in [3.05, 3.63) is 11.1 Å². The number of nitrogens with zero attached hydrogens (tertiary/aromatic N) is 1. The minimum Gasteiger partial charge on any atom is -0.469 e. The Labute approximate surface area is 110 Å². The van der Waals surface area contributed by atoms with E-state index in [1.54, 1.807) is 13.8 Å². The zero-order chi connectivity index (χ0) is 13.8. The minimum absolute atomic E-state index is 0.269. The van der Waals surface area contributed by atoms with E-state index in [4.69, 9.17) is 5.73 Å². The van der Waals surface area contributed by atoms with Crippen LogP contribution in [-0.2, 0) is 20.7 Å². The number of esters is 1. The molecule has 0 aliphatic carbocycles. The molecule has 0 unspecified atom stereocenters. The molecule has 1 amide bonds. The highest BCUT2D eigenvalue weighted by atomic mass is 32.1. The normalized spacial score (nSPS) is 11.1. The highest BCUT2D eigenvalue weighted by Crippen LogP contribution is 2.20. The van der Waals surface area contributed by atoms with Crippen LogP contribution in [0.15, 0.2) is 5.38 Å². The number of nitrogens with one attached hydrogen (secondary N) is 1. The van der Waals surface area contributed by atoms with Gasteiger partial charge in [0.1, 0.15) is 5.54 Å². The highest BCUT2D eigenvalue weighted by molar-refractivity contribution is 7.13. The van der Waals surface area contributed by atoms with Gasteiger partial charge >= 0.3 is 5.97 Å². The van der Waals surface area contributed by atoms with Crippen molar-refractivity contribution >= 4 is 28.3 Å². The van der Waals surface area contributed by atoms with E-state index >= 15 is 0 Å². The number of aryl methyl sites for hydroxylation is 1. The van der Waals surface area contributed by atoms with Crippen molar-refractivity contribution in [1.29, 1.82) is 0 Å². The molecule has 0 saturated heterocycles. The average molecular weight is 271 g/mol. The number of carbonyl (C=O) groups excluding carboxylic acids is 2. The second-order valence-electron chi connectivity index (χ2n) is 4.33. The first-order valence-electron chi connectivity index (χ1n) is 5.44. The molecule has 1 aromatic rings. The number of hydrogen-bond donors (Lipinski definition) is 2. The molecule has 6 nitrogen and oxygen atoms in total. The van der Waals surface area contributed by atoms with Crippen LogP contribution < -0.4 is 11.1 Å². The second-order valence-corrected chi connectivity index (χ2v) is 5.19. The molecule has 0 fully saturated rings. The summed E-state index contributed by atoms with van der Waals surface area (Å²) >= 11 is 1.37. The molecule has 3 N–H and O–H groups in total. The van der Waals surface area contributed by atoms with Gasteiger partial charge in [0.2, 0.25) is 5.91 Å². The Hall–Kier alpha value is -1.63. The summed E-state index contributed by atoms with van der Waals surface area (Å²) in [5.41, 5.74) is 5.19. The van der Waals surface area contributed by atoms with E-state index in [0.717, 1.165) is 5.69 Å². The van der Waals surface area contributed by atoms with E-state index in [1.165, 1.54) is 18.4 Å². The van der Waals surface area contributed by atoms with Gasteiger partial charge in [0.15, 0.2) is 5.13 Å². The van der Waals surface area contributed by atoms with Crippen LogP contribution in [0.4, 0.5) is 5.13 Å². The highest BCUT2D eigenvalue weighted by Gasteiger charge is 2.25. The standard InChI is InChI=1S/C11H17N3O3S/c1-11(2,9(12)16)14-10-13-7(6-18-10)4-5-8(15)17-3/h6H,4-5H2,1-3H3,(H2,12,16)(H,13,14). The molecule has 0 radical (unpaired) electrons. The zero-order valence-corrected chi connectivity index (χ0v) is 11.5. The van der Waals surface area contributed by atoms with Crippen molar-refractivity contribution in [2.24, 2.45) is 5.73 Å².